The normalized spacial score (nSPS) is 18.1. The molecule has 1 saturated heterocycles. The molecule has 12 heavy (non-hydrogen) atoms. The number of rotatable bonds is 2. The van der Waals surface area contributed by atoms with Crippen molar-refractivity contribution in [1.29, 1.82) is 0 Å². The maximum Gasteiger partial charge on any atom is 0.233 e. The first-order valence-electron chi connectivity index (χ1n) is 3.90. The summed E-state index contributed by atoms with van der Waals surface area (Å²) in [6.07, 6.45) is 1.82. The van der Waals surface area contributed by atoms with E-state index in [2.05, 4.69) is 5.32 Å². The van der Waals surface area contributed by atoms with Crippen LogP contribution in [0, 0.1) is 0 Å². The molecule has 72 valence electrons. The van der Waals surface area contributed by atoms with Crippen molar-refractivity contribution in [3.05, 3.63) is 0 Å². The Morgan fingerprint density at radius 3 is 2.58 bits per heavy atom. The molecule has 0 aromatic rings. The molecule has 0 aromatic heterocycles. The van der Waals surface area contributed by atoms with Crippen LogP contribution in [0.3, 0.4) is 0 Å². The summed E-state index contributed by atoms with van der Waals surface area (Å²) in [4.78, 5) is 10.8. The molecule has 0 atom stereocenters. The van der Waals surface area contributed by atoms with Gasteiger partial charge in [0.25, 0.3) is 0 Å². The molecule has 0 bridgehead atoms. The predicted octanol–water partition coefficient (Wildman–Crippen LogP) is -0.338. The summed E-state index contributed by atoms with van der Waals surface area (Å²) in [6.45, 7) is 1.57. The summed E-state index contributed by atoms with van der Waals surface area (Å²) in [5.41, 5.74) is 5.15. The smallest absolute Gasteiger partial charge is 0.233 e. The molecule has 0 radical (unpaired) electrons. The fraction of sp³-hybridized carbons (Fsp3) is 0.857. The fourth-order valence-electron chi connectivity index (χ4n) is 1.13. The Hall–Kier alpha value is -0.320. The van der Waals surface area contributed by atoms with Gasteiger partial charge in [-0.1, -0.05) is 0 Å². The van der Waals surface area contributed by atoms with Crippen LogP contribution in [-0.2, 0) is 9.53 Å². The SMILES string of the molecule is Cl.NCC(=O)NC1CCOCC1. The number of halogens is 1. The number of ether oxygens (including phenoxy) is 1. The van der Waals surface area contributed by atoms with Crippen LogP contribution in [-0.4, -0.2) is 31.7 Å². The lowest BCUT2D eigenvalue weighted by molar-refractivity contribution is -0.121. The van der Waals surface area contributed by atoms with E-state index in [0.717, 1.165) is 26.1 Å². The second-order valence-electron chi connectivity index (χ2n) is 2.66. The molecule has 1 amide bonds. The summed E-state index contributed by atoms with van der Waals surface area (Å²) in [5, 5.41) is 2.82. The molecule has 1 rings (SSSR count). The third kappa shape index (κ3) is 3.90. The van der Waals surface area contributed by atoms with E-state index in [4.69, 9.17) is 10.5 Å². The van der Waals surface area contributed by atoms with Gasteiger partial charge < -0.3 is 15.8 Å². The number of hydrogen-bond acceptors (Lipinski definition) is 3. The first kappa shape index (κ1) is 11.7. The molecule has 0 aromatic carbocycles. The minimum absolute atomic E-state index is 0. The summed E-state index contributed by atoms with van der Waals surface area (Å²) in [5.74, 6) is -0.0723. The molecule has 1 aliphatic rings. The molecular weight excluding hydrogens is 180 g/mol. The fourth-order valence-corrected chi connectivity index (χ4v) is 1.13. The lowest BCUT2D eigenvalue weighted by atomic mass is 10.1. The topological polar surface area (TPSA) is 64.4 Å². The number of nitrogens with one attached hydrogen (secondary N) is 1. The van der Waals surface area contributed by atoms with Crippen LogP contribution in [0.2, 0.25) is 0 Å². The first-order chi connectivity index (χ1) is 5.33. The van der Waals surface area contributed by atoms with E-state index in [0.29, 0.717) is 0 Å². The molecule has 0 spiro atoms. The summed E-state index contributed by atoms with van der Waals surface area (Å²) >= 11 is 0. The maximum absolute atomic E-state index is 10.8. The van der Waals surface area contributed by atoms with E-state index in [9.17, 15) is 4.79 Å². The van der Waals surface area contributed by atoms with Gasteiger partial charge in [0.2, 0.25) is 5.91 Å². The molecule has 3 N–H and O–H groups in total. The minimum atomic E-state index is -0.0723. The highest BCUT2D eigenvalue weighted by molar-refractivity contribution is 5.85. The highest BCUT2D eigenvalue weighted by Gasteiger charge is 2.14. The average Bonchev–Trinajstić information content (AvgIpc) is 2.06. The maximum atomic E-state index is 10.8. The number of carbonyl (C=O) groups is 1. The molecule has 0 saturated carbocycles. The molecule has 1 fully saturated rings. The van der Waals surface area contributed by atoms with Crippen LogP contribution >= 0.6 is 12.4 Å². The van der Waals surface area contributed by atoms with Gasteiger partial charge >= 0.3 is 0 Å². The number of nitrogens with two attached hydrogens (primary N) is 1. The Morgan fingerprint density at radius 2 is 2.08 bits per heavy atom. The Morgan fingerprint density at radius 1 is 1.50 bits per heavy atom. The number of carbonyl (C=O) groups excluding carboxylic acids is 1. The minimum Gasteiger partial charge on any atom is -0.381 e. The monoisotopic (exact) mass is 194 g/mol. The largest absolute Gasteiger partial charge is 0.381 e. The van der Waals surface area contributed by atoms with Gasteiger partial charge in [0.1, 0.15) is 0 Å². The second-order valence-corrected chi connectivity index (χ2v) is 2.66. The zero-order chi connectivity index (χ0) is 8.10. The van der Waals surface area contributed by atoms with Crippen molar-refractivity contribution in [1.82, 2.24) is 5.32 Å². The van der Waals surface area contributed by atoms with Crippen molar-refractivity contribution in [2.45, 2.75) is 18.9 Å². The summed E-state index contributed by atoms with van der Waals surface area (Å²) in [6, 6.07) is 0.278. The van der Waals surface area contributed by atoms with Crippen LogP contribution in [0.15, 0.2) is 0 Å². The van der Waals surface area contributed by atoms with Crippen molar-refractivity contribution in [2.24, 2.45) is 5.73 Å². The predicted molar refractivity (Wildman–Crippen MR) is 48.3 cm³/mol. The Bertz CT molecular complexity index is 137. The second kappa shape index (κ2) is 6.22. The van der Waals surface area contributed by atoms with Crippen molar-refractivity contribution in [3.8, 4) is 0 Å². The average molecular weight is 195 g/mol. The number of amides is 1. The van der Waals surface area contributed by atoms with Crippen molar-refractivity contribution < 1.29 is 9.53 Å². The highest BCUT2D eigenvalue weighted by atomic mass is 35.5. The third-order valence-corrected chi connectivity index (χ3v) is 1.77. The zero-order valence-electron chi connectivity index (χ0n) is 6.91. The molecule has 0 aliphatic carbocycles. The molecule has 5 heteroatoms. The van der Waals surface area contributed by atoms with Crippen LogP contribution < -0.4 is 11.1 Å². The van der Waals surface area contributed by atoms with E-state index in [1.54, 1.807) is 0 Å². The Balaban J connectivity index is 0.00000121. The molecule has 4 nitrogen and oxygen atoms in total. The van der Waals surface area contributed by atoms with Gasteiger partial charge in [0.05, 0.1) is 6.54 Å². The van der Waals surface area contributed by atoms with E-state index in [-0.39, 0.29) is 30.9 Å². The lowest BCUT2D eigenvalue weighted by Crippen LogP contribution is -2.41. The third-order valence-electron chi connectivity index (χ3n) is 1.77. The summed E-state index contributed by atoms with van der Waals surface area (Å²) in [7, 11) is 0. The molecule has 0 unspecified atom stereocenters. The zero-order valence-corrected chi connectivity index (χ0v) is 7.73. The van der Waals surface area contributed by atoms with E-state index >= 15 is 0 Å². The van der Waals surface area contributed by atoms with Crippen molar-refractivity contribution >= 4 is 18.3 Å². The summed E-state index contributed by atoms with van der Waals surface area (Å²) < 4.78 is 5.13. The van der Waals surface area contributed by atoms with E-state index in [1.807, 2.05) is 0 Å². The Kier molecular flexibility index (Phi) is 6.06. The first-order valence-corrected chi connectivity index (χ1v) is 3.90. The quantitative estimate of drug-likeness (QED) is 0.633. The van der Waals surface area contributed by atoms with Gasteiger partial charge in [0.15, 0.2) is 0 Å². The molecule has 1 aliphatic heterocycles. The molecular formula is C7H15ClN2O2. The van der Waals surface area contributed by atoms with Crippen LogP contribution in [0.1, 0.15) is 12.8 Å². The van der Waals surface area contributed by atoms with Crippen LogP contribution in [0.5, 0.6) is 0 Å². The van der Waals surface area contributed by atoms with Crippen molar-refractivity contribution in [2.75, 3.05) is 19.8 Å². The molecule has 1 heterocycles. The van der Waals surface area contributed by atoms with Gasteiger partial charge in [-0.2, -0.15) is 0 Å². The highest BCUT2D eigenvalue weighted by Crippen LogP contribution is 2.05. The van der Waals surface area contributed by atoms with Gasteiger partial charge in [-0.25, -0.2) is 0 Å². The van der Waals surface area contributed by atoms with Crippen LogP contribution in [0.25, 0.3) is 0 Å². The van der Waals surface area contributed by atoms with Gasteiger partial charge in [-0.15, -0.1) is 12.4 Å². The van der Waals surface area contributed by atoms with Crippen LogP contribution in [0.4, 0.5) is 0 Å². The van der Waals surface area contributed by atoms with Gasteiger partial charge in [-0.05, 0) is 12.8 Å². The van der Waals surface area contributed by atoms with Gasteiger partial charge in [-0.3, -0.25) is 4.79 Å². The van der Waals surface area contributed by atoms with E-state index < -0.39 is 0 Å². The Labute approximate surface area is 78.2 Å². The van der Waals surface area contributed by atoms with Gasteiger partial charge in [0, 0.05) is 19.3 Å². The van der Waals surface area contributed by atoms with E-state index in [1.165, 1.54) is 0 Å². The standard InChI is InChI=1S/C7H14N2O2.ClH/c8-5-7(10)9-6-1-3-11-4-2-6;/h6H,1-5,8H2,(H,9,10);1H. The lowest BCUT2D eigenvalue weighted by Gasteiger charge is -2.22. The number of hydrogen-bond donors (Lipinski definition) is 2. The van der Waals surface area contributed by atoms with Crippen molar-refractivity contribution in [3.63, 3.8) is 0 Å².